The third-order valence-corrected chi connectivity index (χ3v) is 3.75. The van der Waals surface area contributed by atoms with Crippen molar-refractivity contribution in [3.63, 3.8) is 0 Å². The van der Waals surface area contributed by atoms with Crippen LogP contribution in [0.1, 0.15) is 11.3 Å². The SMILES string of the molecule is NCCc1ccc(Cl)cc1SCc1ccco1. The highest BCUT2D eigenvalue weighted by atomic mass is 35.5. The number of furan rings is 1. The lowest BCUT2D eigenvalue weighted by molar-refractivity contribution is 0.530. The van der Waals surface area contributed by atoms with E-state index >= 15 is 0 Å². The number of benzene rings is 1. The fourth-order valence-corrected chi connectivity index (χ4v) is 2.83. The van der Waals surface area contributed by atoms with E-state index in [1.807, 2.05) is 30.3 Å². The van der Waals surface area contributed by atoms with Crippen molar-refractivity contribution in [3.05, 3.63) is 52.9 Å². The van der Waals surface area contributed by atoms with Gasteiger partial charge in [-0.15, -0.1) is 11.8 Å². The summed E-state index contributed by atoms with van der Waals surface area (Å²) >= 11 is 7.73. The fourth-order valence-electron chi connectivity index (χ4n) is 1.57. The Morgan fingerprint density at radius 1 is 1.29 bits per heavy atom. The Hall–Kier alpha value is -0.900. The molecule has 0 saturated carbocycles. The van der Waals surface area contributed by atoms with E-state index in [4.69, 9.17) is 21.8 Å². The standard InChI is InChI=1S/C13H14ClNOS/c14-11-4-3-10(5-6-15)13(8-11)17-9-12-2-1-7-16-12/h1-4,7-8H,5-6,9,15H2. The lowest BCUT2D eigenvalue weighted by Gasteiger charge is -2.08. The molecule has 0 amide bonds. The van der Waals surface area contributed by atoms with Crippen molar-refractivity contribution in [2.75, 3.05) is 6.54 Å². The van der Waals surface area contributed by atoms with Gasteiger partial charge in [0, 0.05) is 9.92 Å². The van der Waals surface area contributed by atoms with Crippen molar-refractivity contribution in [1.29, 1.82) is 0 Å². The minimum atomic E-state index is 0.649. The zero-order valence-corrected chi connectivity index (χ0v) is 10.9. The summed E-state index contributed by atoms with van der Waals surface area (Å²) in [6.45, 7) is 0.649. The van der Waals surface area contributed by atoms with Gasteiger partial charge in [-0.1, -0.05) is 17.7 Å². The van der Waals surface area contributed by atoms with E-state index in [0.717, 1.165) is 23.0 Å². The van der Waals surface area contributed by atoms with Crippen LogP contribution in [-0.4, -0.2) is 6.54 Å². The summed E-state index contributed by atoms with van der Waals surface area (Å²) < 4.78 is 5.31. The van der Waals surface area contributed by atoms with E-state index in [-0.39, 0.29) is 0 Å². The number of halogens is 1. The molecule has 2 N–H and O–H groups in total. The van der Waals surface area contributed by atoms with E-state index < -0.39 is 0 Å². The van der Waals surface area contributed by atoms with Gasteiger partial charge < -0.3 is 10.2 Å². The number of hydrogen-bond acceptors (Lipinski definition) is 3. The molecule has 0 saturated heterocycles. The predicted octanol–water partition coefficient (Wildman–Crippen LogP) is 3.73. The minimum absolute atomic E-state index is 0.649. The topological polar surface area (TPSA) is 39.2 Å². The molecule has 2 rings (SSSR count). The van der Waals surface area contributed by atoms with Gasteiger partial charge >= 0.3 is 0 Å². The molecule has 4 heteroatoms. The van der Waals surface area contributed by atoms with E-state index in [9.17, 15) is 0 Å². The predicted molar refractivity (Wildman–Crippen MR) is 72.5 cm³/mol. The monoisotopic (exact) mass is 267 g/mol. The summed E-state index contributed by atoms with van der Waals surface area (Å²) in [5.41, 5.74) is 6.84. The number of rotatable bonds is 5. The molecule has 0 aliphatic rings. The molecule has 0 bridgehead atoms. The normalized spacial score (nSPS) is 10.7. The first-order valence-corrected chi connectivity index (χ1v) is 6.79. The molecule has 17 heavy (non-hydrogen) atoms. The molecule has 0 radical (unpaired) electrons. The van der Waals surface area contributed by atoms with Crippen LogP contribution in [0, 0.1) is 0 Å². The highest BCUT2D eigenvalue weighted by molar-refractivity contribution is 7.98. The van der Waals surface area contributed by atoms with Crippen molar-refractivity contribution in [2.24, 2.45) is 5.73 Å². The average molecular weight is 268 g/mol. The smallest absolute Gasteiger partial charge is 0.113 e. The quantitative estimate of drug-likeness (QED) is 0.839. The molecule has 1 aromatic heterocycles. The van der Waals surface area contributed by atoms with Gasteiger partial charge in [-0.05, 0) is 42.8 Å². The van der Waals surface area contributed by atoms with Crippen LogP contribution in [0.3, 0.4) is 0 Å². The van der Waals surface area contributed by atoms with Gasteiger partial charge in [0.25, 0.3) is 0 Å². The van der Waals surface area contributed by atoms with E-state index in [0.29, 0.717) is 6.54 Å². The largest absolute Gasteiger partial charge is 0.468 e. The summed E-state index contributed by atoms with van der Waals surface area (Å²) in [5, 5.41) is 0.757. The first kappa shape index (κ1) is 12.6. The summed E-state index contributed by atoms with van der Waals surface area (Å²) in [6, 6.07) is 9.80. The summed E-state index contributed by atoms with van der Waals surface area (Å²) in [6.07, 6.45) is 2.56. The fraction of sp³-hybridized carbons (Fsp3) is 0.231. The number of thioether (sulfide) groups is 1. The zero-order valence-electron chi connectivity index (χ0n) is 9.36. The maximum atomic E-state index is 6.01. The molecule has 0 aliphatic heterocycles. The van der Waals surface area contributed by atoms with Gasteiger partial charge in [-0.25, -0.2) is 0 Å². The maximum absolute atomic E-state index is 6.01. The van der Waals surface area contributed by atoms with Crippen LogP contribution in [0.4, 0.5) is 0 Å². The van der Waals surface area contributed by atoms with Gasteiger partial charge in [0.15, 0.2) is 0 Å². The lowest BCUT2D eigenvalue weighted by atomic mass is 10.1. The maximum Gasteiger partial charge on any atom is 0.113 e. The van der Waals surface area contributed by atoms with Crippen LogP contribution in [0.25, 0.3) is 0 Å². The Morgan fingerprint density at radius 2 is 2.18 bits per heavy atom. The third-order valence-electron chi connectivity index (χ3n) is 2.39. The molecular weight excluding hydrogens is 254 g/mol. The second-order valence-corrected chi connectivity index (χ2v) is 5.11. The Morgan fingerprint density at radius 3 is 2.88 bits per heavy atom. The molecule has 1 heterocycles. The van der Waals surface area contributed by atoms with E-state index in [1.54, 1.807) is 18.0 Å². The average Bonchev–Trinajstić information content (AvgIpc) is 2.82. The third kappa shape index (κ3) is 3.53. The van der Waals surface area contributed by atoms with Gasteiger partial charge in [0.2, 0.25) is 0 Å². The molecule has 0 fully saturated rings. The van der Waals surface area contributed by atoms with E-state index in [2.05, 4.69) is 0 Å². The highest BCUT2D eigenvalue weighted by Crippen LogP contribution is 2.29. The Bertz CT molecular complexity index is 470. The second-order valence-electron chi connectivity index (χ2n) is 3.66. The van der Waals surface area contributed by atoms with Gasteiger partial charge in [-0.3, -0.25) is 0 Å². The highest BCUT2D eigenvalue weighted by Gasteiger charge is 2.05. The Labute approximate surface area is 110 Å². The first-order chi connectivity index (χ1) is 8.29. The molecule has 0 unspecified atom stereocenters. The Kier molecular flexibility index (Phi) is 4.54. The van der Waals surface area contributed by atoms with Crippen molar-refractivity contribution >= 4 is 23.4 Å². The number of hydrogen-bond donors (Lipinski definition) is 1. The van der Waals surface area contributed by atoms with E-state index in [1.165, 1.54) is 10.5 Å². The van der Waals surface area contributed by atoms with Crippen LogP contribution in [0.5, 0.6) is 0 Å². The van der Waals surface area contributed by atoms with Crippen molar-refractivity contribution in [3.8, 4) is 0 Å². The molecule has 0 atom stereocenters. The second kappa shape index (κ2) is 6.15. The van der Waals surface area contributed by atoms with Gasteiger partial charge in [-0.2, -0.15) is 0 Å². The Balaban J connectivity index is 2.10. The van der Waals surface area contributed by atoms with Crippen LogP contribution in [0.2, 0.25) is 5.02 Å². The van der Waals surface area contributed by atoms with Crippen LogP contribution in [-0.2, 0) is 12.2 Å². The van der Waals surface area contributed by atoms with Crippen molar-refractivity contribution in [1.82, 2.24) is 0 Å². The molecule has 90 valence electrons. The summed E-state index contributed by atoms with van der Waals surface area (Å²) in [4.78, 5) is 1.18. The minimum Gasteiger partial charge on any atom is -0.468 e. The van der Waals surface area contributed by atoms with Crippen LogP contribution >= 0.6 is 23.4 Å². The summed E-state index contributed by atoms with van der Waals surface area (Å²) in [5.74, 6) is 1.78. The van der Waals surface area contributed by atoms with Gasteiger partial charge in [0.05, 0.1) is 12.0 Å². The van der Waals surface area contributed by atoms with Crippen molar-refractivity contribution < 1.29 is 4.42 Å². The summed E-state index contributed by atoms with van der Waals surface area (Å²) in [7, 11) is 0. The van der Waals surface area contributed by atoms with Crippen LogP contribution in [0.15, 0.2) is 45.9 Å². The number of nitrogens with two attached hydrogens (primary N) is 1. The molecule has 0 aliphatic carbocycles. The van der Waals surface area contributed by atoms with Crippen LogP contribution < -0.4 is 5.73 Å². The molecule has 1 aromatic carbocycles. The zero-order chi connectivity index (χ0) is 12.1. The van der Waals surface area contributed by atoms with Crippen molar-refractivity contribution in [2.45, 2.75) is 17.1 Å². The lowest BCUT2D eigenvalue weighted by Crippen LogP contribution is -2.03. The first-order valence-electron chi connectivity index (χ1n) is 5.43. The molecule has 2 nitrogen and oxygen atoms in total. The molecule has 0 spiro atoms. The van der Waals surface area contributed by atoms with Gasteiger partial charge in [0.1, 0.15) is 5.76 Å². The molecule has 2 aromatic rings. The molecular formula is C13H14ClNOS.